The minimum absolute atomic E-state index is 0.00293. The summed E-state index contributed by atoms with van der Waals surface area (Å²) in [5.41, 5.74) is 4.08. The molecule has 0 unspecified atom stereocenters. The first-order valence-corrected chi connectivity index (χ1v) is 12.7. The predicted octanol–water partition coefficient (Wildman–Crippen LogP) is 3.61. The Morgan fingerprint density at radius 1 is 1.22 bits per heavy atom. The van der Waals surface area contributed by atoms with Crippen molar-refractivity contribution < 1.29 is 14.2 Å². The molecule has 3 heterocycles. The number of hydrogen-bond acceptors (Lipinski definition) is 7. The van der Waals surface area contributed by atoms with Gasteiger partial charge in [0.15, 0.2) is 11.2 Å². The van der Waals surface area contributed by atoms with E-state index in [0.717, 1.165) is 41.4 Å². The average molecular weight is 496 g/mol. The van der Waals surface area contributed by atoms with E-state index in [-0.39, 0.29) is 35.8 Å². The van der Waals surface area contributed by atoms with E-state index in [4.69, 9.17) is 4.74 Å². The van der Waals surface area contributed by atoms with E-state index in [1.165, 1.54) is 0 Å². The van der Waals surface area contributed by atoms with Crippen molar-refractivity contribution in [3.05, 3.63) is 51.2 Å². The zero-order valence-corrected chi connectivity index (χ0v) is 21.3. The molecule has 0 amide bonds. The molecule has 1 aliphatic carbocycles. The van der Waals surface area contributed by atoms with Crippen LogP contribution in [0.4, 0.5) is 10.3 Å². The number of nitrogens with one attached hydrogen (secondary N) is 2. The number of benzene rings is 1. The fourth-order valence-corrected chi connectivity index (χ4v) is 5.10. The van der Waals surface area contributed by atoms with Gasteiger partial charge in [0.05, 0.1) is 30.5 Å². The van der Waals surface area contributed by atoms with Crippen molar-refractivity contribution >= 4 is 16.9 Å². The highest BCUT2D eigenvalue weighted by atomic mass is 19.1. The number of aromatic nitrogens is 3. The van der Waals surface area contributed by atoms with Gasteiger partial charge in [0, 0.05) is 47.4 Å². The molecule has 9 heteroatoms. The van der Waals surface area contributed by atoms with Crippen LogP contribution in [0.2, 0.25) is 0 Å². The molecule has 0 bridgehead atoms. The fraction of sp³-hybridized carbons (Fsp3) is 0.519. The number of halogens is 1. The molecule has 0 radical (unpaired) electrons. The van der Waals surface area contributed by atoms with Crippen molar-refractivity contribution in [3.8, 4) is 11.3 Å². The number of nitrogens with zero attached hydrogens (tertiary/aromatic N) is 3. The Bertz CT molecular complexity index is 1350. The number of hydrogen-bond donors (Lipinski definition) is 3. The summed E-state index contributed by atoms with van der Waals surface area (Å²) >= 11 is 0. The van der Waals surface area contributed by atoms with Crippen LogP contribution >= 0.6 is 0 Å². The minimum Gasteiger partial charge on any atom is -0.389 e. The van der Waals surface area contributed by atoms with Crippen molar-refractivity contribution in [2.45, 2.75) is 77.7 Å². The molecule has 2 fully saturated rings. The van der Waals surface area contributed by atoms with E-state index in [0.29, 0.717) is 36.6 Å². The Kier molecular flexibility index (Phi) is 6.80. The number of aliphatic hydroxyl groups excluding tert-OH is 1. The molecule has 2 aromatic heterocycles. The van der Waals surface area contributed by atoms with E-state index in [1.807, 2.05) is 13.8 Å². The van der Waals surface area contributed by atoms with Crippen LogP contribution < -0.4 is 16.1 Å². The van der Waals surface area contributed by atoms with Crippen LogP contribution in [-0.4, -0.2) is 51.0 Å². The van der Waals surface area contributed by atoms with Gasteiger partial charge >= 0.3 is 0 Å². The molecule has 36 heavy (non-hydrogen) atoms. The maximum absolute atomic E-state index is 15.1. The third-order valence-corrected chi connectivity index (χ3v) is 7.27. The summed E-state index contributed by atoms with van der Waals surface area (Å²) in [5, 5.41) is 17.5. The molecule has 3 aromatic rings. The molecule has 192 valence electrons. The van der Waals surface area contributed by atoms with Crippen molar-refractivity contribution in [3.63, 3.8) is 0 Å². The second-order valence-corrected chi connectivity index (χ2v) is 10.2. The summed E-state index contributed by atoms with van der Waals surface area (Å²) in [6, 6.07) is 3.88. The van der Waals surface area contributed by atoms with Crippen LogP contribution in [0.5, 0.6) is 0 Å². The fourth-order valence-electron chi connectivity index (χ4n) is 5.10. The molecule has 3 N–H and O–H groups in total. The summed E-state index contributed by atoms with van der Waals surface area (Å²) in [7, 11) is 0. The molecule has 1 aromatic carbocycles. The van der Waals surface area contributed by atoms with Crippen LogP contribution in [-0.2, 0) is 11.3 Å². The number of rotatable bonds is 7. The highest BCUT2D eigenvalue weighted by Crippen LogP contribution is 2.33. The van der Waals surface area contributed by atoms with Gasteiger partial charge in [-0.2, -0.15) is 0 Å². The highest BCUT2D eigenvalue weighted by molar-refractivity contribution is 5.89. The summed E-state index contributed by atoms with van der Waals surface area (Å²) in [5.74, 6) is -0.298. The molecular weight excluding hydrogens is 461 g/mol. The number of pyridine rings is 1. The molecule has 8 nitrogen and oxygen atoms in total. The second-order valence-electron chi connectivity index (χ2n) is 10.2. The van der Waals surface area contributed by atoms with Gasteiger partial charge in [-0.25, -0.2) is 14.4 Å². The first-order valence-electron chi connectivity index (χ1n) is 12.7. The summed E-state index contributed by atoms with van der Waals surface area (Å²) in [6.07, 6.45) is 3.38. The average Bonchev–Trinajstić information content (AvgIpc) is 3.68. The number of aryl methyl sites for hydroxylation is 1. The lowest BCUT2D eigenvalue weighted by molar-refractivity contribution is -0.0136. The maximum Gasteiger partial charge on any atom is 0.223 e. The van der Waals surface area contributed by atoms with E-state index in [2.05, 4.69) is 39.0 Å². The number of anilines is 1. The number of ether oxygens (including phenoxy) is 1. The van der Waals surface area contributed by atoms with Crippen molar-refractivity contribution in [2.75, 3.05) is 18.5 Å². The highest BCUT2D eigenvalue weighted by Gasteiger charge is 2.26. The van der Waals surface area contributed by atoms with Crippen LogP contribution in [0.25, 0.3) is 22.2 Å². The van der Waals surface area contributed by atoms with Gasteiger partial charge < -0.3 is 25.0 Å². The Morgan fingerprint density at radius 2 is 2.00 bits per heavy atom. The van der Waals surface area contributed by atoms with Crippen LogP contribution in [0.1, 0.15) is 56.0 Å². The standard InChI is InChI=1S/C27H34FN5O3/c1-14(2)33-22(12-29-17-5-6-17)16(4)26(35)19-8-7-18(15(3)25(19)33)24-20(28)11-30-27(32-24)31-21-9-10-36-13-23(21)34/h7-8,11,14,17,21,23,29,34H,5-6,9-10,12-13H2,1-4H3,(H,30,31,32)/t21-,23-/m1/s1. The SMILES string of the molecule is Cc1c(CNC2CC2)n(C(C)C)c2c(C)c(-c3nc(N[C@@H]4CCOC[C@H]4O)ncc3F)ccc2c1=O. The Hall–Kier alpha value is -2.88. The third-order valence-electron chi connectivity index (χ3n) is 7.27. The lowest BCUT2D eigenvalue weighted by atomic mass is 9.97. The van der Waals surface area contributed by atoms with Gasteiger partial charge in [0.25, 0.3) is 0 Å². The summed E-state index contributed by atoms with van der Waals surface area (Å²) in [4.78, 5) is 22.0. The van der Waals surface area contributed by atoms with Crippen LogP contribution in [0.15, 0.2) is 23.1 Å². The normalized spacial score (nSPS) is 20.3. The van der Waals surface area contributed by atoms with Crippen molar-refractivity contribution in [1.82, 2.24) is 19.9 Å². The van der Waals surface area contributed by atoms with Gasteiger partial charge in [-0.3, -0.25) is 4.79 Å². The zero-order chi connectivity index (χ0) is 25.6. The van der Waals surface area contributed by atoms with Crippen LogP contribution in [0.3, 0.4) is 0 Å². The number of fused-ring (bicyclic) bond motifs is 1. The Labute approximate surface area is 209 Å². The first kappa shape index (κ1) is 24.8. The topological polar surface area (TPSA) is 101 Å². The number of aliphatic hydroxyl groups is 1. The van der Waals surface area contributed by atoms with Crippen molar-refractivity contribution in [2.24, 2.45) is 0 Å². The van der Waals surface area contributed by atoms with Crippen molar-refractivity contribution in [1.29, 1.82) is 0 Å². The lowest BCUT2D eigenvalue weighted by Gasteiger charge is -2.28. The second kappa shape index (κ2) is 9.88. The monoisotopic (exact) mass is 495 g/mol. The zero-order valence-electron chi connectivity index (χ0n) is 21.3. The lowest BCUT2D eigenvalue weighted by Crippen LogP contribution is -2.42. The van der Waals surface area contributed by atoms with Gasteiger partial charge in [-0.15, -0.1) is 0 Å². The molecule has 1 aliphatic heterocycles. The third kappa shape index (κ3) is 4.63. The van der Waals surface area contributed by atoms with Crippen LogP contribution in [0, 0.1) is 19.7 Å². The largest absolute Gasteiger partial charge is 0.389 e. The summed E-state index contributed by atoms with van der Waals surface area (Å²) < 4.78 is 22.6. The van der Waals surface area contributed by atoms with E-state index < -0.39 is 11.9 Å². The minimum atomic E-state index is -0.690. The molecule has 1 saturated carbocycles. The molecule has 2 aliphatic rings. The molecule has 1 saturated heterocycles. The first-order chi connectivity index (χ1) is 17.3. The molecule has 0 spiro atoms. The quantitative estimate of drug-likeness (QED) is 0.460. The summed E-state index contributed by atoms with van der Waals surface area (Å²) in [6.45, 7) is 9.38. The Balaban J connectivity index is 1.62. The van der Waals surface area contributed by atoms with E-state index in [1.54, 1.807) is 12.1 Å². The molecular formula is C27H34FN5O3. The van der Waals surface area contributed by atoms with Gasteiger partial charge in [0.1, 0.15) is 5.69 Å². The predicted molar refractivity (Wildman–Crippen MR) is 138 cm³/mol. The van der Waals surface area contributed by atoms with Gasteiger partial charge in [-0.05, 0) is 58.6 Å². The molecule has 5 rings (SSSR count). The van der Waals surface area contributed by atoms with Gasteiger partial charge in [0.2, 0.25) is 5.95 Å². The van der Waals surface area contributed by atoms with E-state index >= 15 is 4.39 Å². The smallest absolute Gasteiger partial charge is 0.223 e. The van der Waals surface area contributed by atoms with Gasteiger partial charge in [-0.1, -0.05) is 6.07 Å². The maximum atomic E-state index is 15.1. The molecule has 2 atom stereocenters. The van der Waals surface area contributed by atoms with E-state index in [9.17, 15) is 9.90 Å². The Morgan fingerprint density at radius 3 is 2.69 bits per heavy atom.